The van der Waals surface area contributed by atoms with Crippen molar-refractivity contribution in [3.8, 4) is 11.5 Å². The molecule has 0 spiro atoms. The van der Waals surface area contributed by atoms with Gasteiger partial charge in [-0.15, -0.1) is 0 Å². The second-order valence-electron chi connectivity index (χ2n) is 13.7. The fourth-order valence-corrected chi connectivity index (χ4v) is 7.00. The number of para-hydroxylation sites is 2. The maximum Gasteiger partial charge on any atom is 0.271 e. The van der Waals surface area contributed by atoms with Crippen LogP contribution in [0, 0.1) is 36.0 Å². The molecule has 0 heterocycles. The van der Waals surface area contributed by atoms with Crippen molar-refractivity contribution in [1.29, 1.82) is 0 Å². The summed E-state index contributed by atoms with van der Waals surface area (Å²) in [5.41, 5.74) is 2.12. The van der Waals surface area contributed by atoms with Gasteiger partial charge in [0.05, 0.1) is 5.69 Å². The zero-order chi connectivity index (χ0) is 45.8. The molecule has 0 unspecified atom stereocenters. The molecule has 0 saturated heterocycles. The summed E-state index contributed by atoms with van der Waals surface area (Å²) < 4.78 is 107. The molecule has 0 fully saturated rings. The Bertz CT molecular complexity index is 2890. The van der Waals surface area contributed by atoms with Crippen molar-refractivity contribution < 1.29 is 54.2 Å². The first-order chi connectivity index (χ1) is 30.7. The molecule has 3 amide bonds. The Balaban J connectivity index is 0.000000241. The number of carbonyl (C=O) groups is 3. The minimum atomic E-state index is -4.99. The molecule has 326 valence electrons. The highest BCUT2D eigenvalue weighted by molar-refractivity contribution is 7.90. The van der Waals surface area contributed by atoms with Gasteiger partial charge in [-0.3, -0.25) is 14.4 Å². The number of ether oxygens (including phenoxy) is 2. The van der Waals surface area contributed by atoms with Crippen molar-refractivity contribution in [3.05, 3.63) is 220 Å². The Labute approximate surface area is 364 Å². The molecule has 7 aromatic carbocycles. The fraction of sp³-hybridized carbons (Fsp3) is 0.0625. The number of aryl methyl sites for hydroxylation is 1. The van der Waals surface area contributed by atoms with Gasteiger partial charge < -0.3 is 20.1 Å². The van der Waals surface area contributed by atoms with E-state index >= 15 is 0 Å². The number of anilines is 2. The molecule has 0 saturated carbocycles. The minimum Gasteiger partial charge on any atom is -0.489 e. The van der Waals surface area contributed by atoms with E-state index < -0.39 is 61.4 Å². The molecule has 64 heavy (non-hydrogen) atoms. The molecular formula is C48H36F5N3O7S. The molecule has 10 nitrogen and oxygen atoms in total. The van der Waals surface area contributed by atoms with Crippen molar-refractivity contribution in [3.63, 3.8) is 0 Å². The Morgan fingerprint density at radius 1 is 0.484 bits per heavy atom. The van der Waals surface area contributed by atoms with Crippen LogP contribution in [0.25, 0.3) is 0 Å². The molecule has 0 radical (unpaired) electrons. The summed E-state index contributed by atoms with van der Waals surface area (Å²) in [6.07, 6.45) is 0. The highest BCUT2D eigenvalue weighted by Crippen LogP contribution is 2.26. The predicted molar refractivity (Wildman–Crippen MR) is 229 cm³/mol. The number of carbonyl (C=O) groups excluding carboxylic acids is 3. The molecule has 3 N–H and O–H groups in total. The molecule has 0 aliphatic rings. The van der Waals surface area contributed by atoms with Crippen molar-refractivity contribution in [2.45, 2.75) is 25.0 Å². The quantitative estimate of drug-likeness (QED) is 0.0595. The van der Waals surface area contributed by atoms with E-state index in [-0.39, 0.29) is 23.8 Å². The molecule has 7 aromatic rings. The predicted octanol–water partition coefficient (Wildman–Crippen LogP) is 10.2. The third-order valence-electron chi connectivity index (χ3n) is 9.17. The van der Waals surface area contributed by atoms with Crippen LogP contribution in [0.15, 0.2) is 163 Å². The van der Waals surface area contributed by atoms with Crippen molar-refractivity contribution >= 4 is 39.1 Å². The van der Waals surface area contributed by atoms with Crippen LogP contribution in [-0.4, -0.2) is 26.1 Å². The Hall–Kier alpha value is -7.85. The lowest BCUT2D eigenvalue weighted by molar-refractivity contribution is 0.0967. The fourth-order valence-electron chi connectivity index (χ4n) is 5.87. The number of hydrogen-bond acceptors (Lipinski definition) is 7. The van der Waals surface area contributed by atoms with Gasteiger partial charge in [0.2, 0.25) is 5.82 Å². The average molecular weight is 894 g/mol. The van der Waals surface area contributed by atoms with Crippen LogP contribution in [-0.2, 0) is 23.2 Å². The Morgan fingerprint density at radius 3 is 1.41 bits per heavy atom. The lowest BCUT2D eigenvalue weighted by Crippen LogP contribution is -2.33. The normalized spacial score (nSPS) is 10.8. The van der Waals surface area contributed by atoms with E-state index in [1.165, 1.54) is 35.1 Å². The third kappa shape index (κ3) is 11.5. The van der Waals surface area contributed by atoms with Gasteiger partial charge >= 0.3 is 0 Å². The zero-order valence-electron chi connectivity index (χ0n) is 33.6. The summed E-state index contributed by atoms with van der Waals surface area (Å²) in [4.78, 5) is 36.9. The summed E-state index contributed by atoms with van der Waals surface area (Å²) in [6.45, 7) is 2.66. The van der Waals surface area contributed by atoms with E-state index in [4.69, 9.17) is 9.47 Å². The third-order valence-corrected chi connectivity index (χ3v) is 10.6. The first-order valence-corrected chi connectivity index (χ1v) is 20.6. The number of benzene rings is 7. The van der Waals surface area contributed by atoms with Gasteiger partial charge in [0.15, 0.2) is 23.3 Å². The minimum absolute atomic E-state index is 0.0724. The SMILES string of the molecule is Cc1ccccc1NC(=O)c1cccc(OCc2ccccc2)c1.O=C(Nc1ccccc1S(=O)(=O)NC(=O)c1c(F)c(F)c(F)c(F)c1F)c1cccc(OCc2ccccc2)c1. The second kappa shape index (κ2) is 20.8. The highest BCUT2D eigenvalue weighted by atomic mass is 32.2. The lowest BCUT2D eigenvalue weighted by atomic mass is 10.1. The molecule has 0 aliphatic heterocycles. The smallest absolute Gasteiger partial charge is 0.271 e. The van der Waals surface area contributed by atoms with Crippen molar-refractivity contribution in [2.24, 2.45) is 0 Å². The lowest BCUT2D eigenvalue weighted by Gasteiger charge is -2.14. The number of amides is 3. The van der Waals surface area contributed by atoms with E-state index in [2.05, 4.69) is 10.6 Å². The highest BCUT2D eigenvalue weighted by Gasteiger charge is 2.32. The van der Waals surface area contributed by atoms with Gasteiger partial charge in [-0.1, -0.05) is 103 Å². The van der Waals surface area contributed by atoms with Crippen LogP contribution < -0.4 is 24.8 Å². The molecule has 0 aromatic heterocycles. The summed E-state index contributed by atoms with van der Waals surface area (Å²) in [6, 6.07) is 44.7. The standard InChI is InChI=1S/C27H17F5N2O5S.C21H19NO2/c28-21-20(22(29)24(31)25(32)23(21)30)27(36)34-40(37,38)19-12-5-4-11-18(19)33-26(35)16-9-6-10-17(13-16)39-14-15-7-2-1-3-8-15;1-16-8-5-6-13-20(16)22-21(23)18-11-7-12-19(14-18)24-15-17-9-3-2-4-10-17/h1-13H,14H2,(H,33,35)(H,34,36);2-14H,15H2,1H3,(H,22,23). The first-order valence-electron chi connectivity index (χ1n) is 19.1. The Kier molecular flexibility index (Phi) is 14.9. The number of sulfonamides is 1. The second-order valence-corrected chi connectivity index (χ2v) is 15.4. The number of hydrogen-bond donors (Lipinski definition) is 3. The van der Waals surface area contributed by atoms with Crippen LogP contribution in [0.3, 0.4) is 0 Å². The first kappa shape index (κ1) is 45.7. The van der Waals surface area contributed by atoms with Crippen molar-refractivity contribution in [1.82, 2.24) is 4.72 Å². The van der Waals surface area contributed by atoms with Crippen LogP contribution in [0.2, 0.25) is 0 Å². The van der Waals surface area contributed by atoms with E-state index in [1.807, 2.05) is 104 Å². The maximum atomic E-state index is 14.0. The molecular weight excluding hydrogens is 858 g/mol. The average Bonchev–Trinajstić information content (AvgIpc) is 3.30. The number of rotatable bonds is 13. The van der Waals surface area contributed by atoms with Gasteiger partial charge in [-0.05, 0) is 78.2 Å². The summed E-state index contributed by atoms with van der Waals surface area (Å²) in [5.74, 6) is -14.4. The molecule has 0 bridgehead atoms. The van der Waals surface area contributed by atoms with Gasteiger partial charge in [-0.2, -0.15) is 0 Å². The summed E-state index contributed by atoms with van der Waals surface area (Å²) >= 11 is 0. The number of halogens is 5. The van der Waals surface area contributed by atoms with Gasteiger partial charge in [0, 0.05) is 16.8 Å². The molecule has 0 aliphatic carbocycles. The zero-order valence-corrected chi connectivity index (χ0v) is 34.4. The van der Waals surface area contributed by atoms with Gasteiger partial charge in [0.25, 0.3) is 27.7 Å². The summed E-state index contributed by atoms with van der Waals surface area (Å²) in [5, 5.41) is 5.29. The Morgan fingerprint density at radius 2 is 0.906 bits per heavy atom. The van der Waals surface area contributed by atoms with E-state index in [1.54, 1.807) is 18.2 Å². The summed E-state index contributed by atoms with van der Waals surface area (Å²) in [7, 11) is -4.99. The molecule has 0 atom stereocenters. The van der Waals surface area contributed by atoms with Crippen LogP contribution in [0.4, 0.5) is 33.3 Å². The van der Waals surface area contributed by atoms with E-state index in [0.29, 0.717) is 23.7 Å². The topological polar surface area (TPSA) is 140 Å². The van der Waals surface area contributed by atoms with Crippen LogP contribution in [0.5, 0.6) is 11.5 Å². The van der Waals surface area contributed by atoms with Gasteiger partial charge in [0.1, 0.15) is 35.2 Å². The van der Waals surface area contributed by atoms with Crippen LogP contribution in [0.1, 0.15) is 47.8 Å². The van der Waals surface area contributed by atoms with E-state index in [0.717, 1.165) is 34.5 Å². The molecule has 7 rings (SSSR count). The van der Waals surface area contributed by atoms with Gasteiger partial charge in [-0.25, -0.2) is 35.1 Å². The largest absolute Gasteiger partial charge is 0.489 e. The molecule has 16 heteroatoms. The van der Waals surface area contributed by atoms with Crippen LogP contribution >= 0.6 is 0 Å². The number of nitrogens with one attached hydrogen (secondary N) is 3. The monoisotopic (exact) mass is 893 g/mol. The maximum absolute atomic E-state index is 14.0. The van der Waals surface area contributed by atoms with E-state index in [9.17, 15) is 44.8 Å². The van der Waals surface area contributed by atoms with Crippen molar-refractivity contribution in [2.75, 3.05) is 10.6 Å².